The number of rotatable bonds is 0. The summed E-state index contributed by atoms with van der Waals surface area (Å²) in [5.74, 6) is 0. The average Bonchev–Trinajstić information content (AvgIpc) is 1.72. The van der Waals surface area contributed by atoms with E-state index in [9.17, 15) is 0 Å². The van der Waals surface area contributed by atoms with E-state index >= 15 is 0 Å². The maximum absolute atomic E-state index is 5.01. The van der Waals surface area contributed by atoms with Gasteiger partial charge in [-0.25, -0.2) is 0 Å². The molecule has 1 fully saturated rings. The molecule has 0 amide bonds. The first-order chi connectivity index (χ1) is 3.00. The minimum atomic E-state index is 0. The monoisotopic (exact) mass is 129 g/mol. The molecule has 40 valence electrons. The van der Waals surface area contributed by atoms with Crippen LogP contribution in [-0.4, -0.2) is 64.0 Å². The van der Waals surface area contributed by atoms with Gasteiger partial charge < -0.3 is 12.9 Å². The van der Waals surface area contributed by atoms with Gasteiger partial charge in [0.25, 0.3) is 0 Å². The summed E-state index contributed by atoms with van der Waals surface area (Å²) >= 11 is 0. The molecule has 1 aliphatic rings. The molecule has 7 heavy (non-hydrogen) atoms. The van der Waals surface area contributed by atoms with Crippen LogP contribution in [0.4, 0.5) is 0 Å². The summed E-state index contributed by atoms with van der Waals surface area (Å²) in [7, 11) is 0. The second-order valence-electron chi connectivity index (χ2n) is 1.36. The third-order valence-electron chi connectivity index (χ3n) is 0.846. The normalized spacial score (nSPS) is 20.6. The summed E-state index contributed by atoms with van der Waals surface area (Å²) in [6.07, 6.45) is 0. The third kappa shape index (κ3) is 3.74. The van der Waals surface area contributed by atoms with E-state index in [0.717, 1.165) is 26.3 Å². The molecule has 2 nitrogen and oxygen atoms in total. The average molecular weight is 129 g/mol. The standard InChI is InChI=1S/C4H9NO.Ca.2H/c1-3-6-4-2-5-1;;;/h5H,1-4H2;;;/q;+2;2*-1. The van der Waals surface area contributed by atoms with Crippen LogP contribution in [0.25, 0.3) is 0 Å². The zero-order chi connectivity index (χ0) is 4.24. The maximum Gasteiger partial charge on any atom is 2.00 e. The van der Waals surface area contributed by atoms with E-state index in [0.29, 0.717) is 0 Å². The first-order valence-electron chi connectivity index (χ1n) is 2.28. The van der Waals surface area contributed by atoms with Gasteiger partial charge in [-0.1, -0.05) is 0 Å². The van der Waals surface area contributed by atoms with E-state index in [1.54, 1.807) is 0 Å². The second-order valence-corrected chi connectivity index (χ2v) is 1.36. The largest absolute Gasteiger partial charge is 2.00 e. The van der Waals surface area contributed by atoms with Gasteiger partial charge in [0.1, 0.15) is 0 Å². The van der Waals surface area contributed by atoms with Crippen LogP contribution in [-0.2, 0) is 4.74 Å². The van der Waals surface area contributed by atoms with Gasteiger partial charge >= 0.3 is 37.7 Å². The first kappa shape index (κ1) is 8.18. The van der Waals surface area contributed by atoms with Crippen molar-refractivity contribution in [2.24, 2.45) is 0 Å². The van der Waals surface area contributed by atoms with Crippen molar-refractivity contribution in [3.63, 3.8) is 0 Å². The van der Waals surface area contributed by atoms with Crippen molar-refractivity contribution in [1.29, 1.82) is 0 Å². The fourth-order valence-electron chi connectivity index (χ4n) is 0.516. The van der Waals surface area contributed by atoms with Gasteiger partial charge in [0.05, 0.1) is 13.2 Å². The van der Waals surface area contributed by atoms with Crippen molar-refractivity contribution in [1.82, 2.24) is 5.32 Å². The van der Waals surface area contributed by atoms with Crippen LogP contribution in [0.15, 0.2) is 0 Å². The summed E-state index contributed by atoms with van der Waals surface area (Å²) in [4.78, 5) is 0. The molecule has 0 aliphatic carbocycles. The van der Waals surface area contributed by atoms with Crippen molar-refractivity contribution < 1.29 is 7.59 Å². The Kier molecular flexibility index (Phi) is 6.22. The maximum atomic E-state index is 5.01. The van der Waals surface area contributed by atoms with E-state index < -0.39 is 0 Å². The number of hydrogen-bond acceptors (Lipinski definition) is 2. The predicted molar refractivity (Wildman–Crippen MR) is 31.7 cm³/mol. The molecule has 1 heterocycles. The van der Waals surface area contributed by atoms with Crippen molar-refractivity contribution in [2.45, 2.75) is 0 Å². The summed E-state index contributed by atoms with van der Waals surface area (Å²) < 4.78 is 5.01. The second kappa shape index (κ2) is 5.32. The van der Waals surface area contributed by atoms with Crippen LogP contribution in [0.2, 0.25) is 0 Å². The number of ether oxygens (including phenoxy) is 1. The molecule has 0 aromatic rings. The number of hydrogen-bond donors (Lipinski definition) is 1. The smallest absolute Gasteiger partial charge is 1.00 e. The quantitative estimate of drug-likeness (QED) is 0.443. The minimum Gasteiger partial charge on any atom is -1.00 e. The van der Waals surface area contributed by atoms with Gasteiger partial charge in [0.2, 0.25) is 0 Å². The molecule has 0 radical (unpaired) electrons. The van der Waals surface area contributed by atoms with E-state index in [1.165, 1.54) is 0 Å². The van der Waals surface area contributed by atoms with Crippen LogP contribution < -0.4 is 5.32 Å². The van der Waals surface area contributed by atoms with Crippen LogP contribution in [0.1, 0.15) is 2.85 Å². The first-order valence-corrected chi connectivity index (χ1v) is 2.28. The SMILES string of the molecule is C1COCCN1.[Ca+2].[H-].[H-]. The van der Waals surface area contributed by atoms with Crippen LogP contribution in [0, 0.1) is 0 Å². The van der Waals surface area contributed by atoms with Gasteiger partial charge in [-0.2, -0.15) is 0 Å². The Labute approximate surface area is 76.6 Å². The Bertz CT molecular complexity index is 34.0. The molecule has 1 N–H and O–H groups in total. The third-order valence-corrected chi connectivity index (χ3v) is 0.846. The molecule has 3 heteroatoms. The van der Waals surface area contributed by atoms with Crippen LogP contribution in [0.5, 0.6) is 0 Å². The molecule has 0 spiro atoms. The molecule has 0 atom stereocenters. The van der Waals surface area contributed by atoms with Gasteiger partial charge in [0, 0.05) is 13.1 Å². The number of nitrogens with one attached hydrogen (secondary N) is 1. The fraction of sp³-hybridized carbons (Fsp3) is 1.00. The molecule has 0 aromatic carbocycles. The zero-order valence-electron chi connectivity index (χ0n) is 6.44. The van der Waals surface area contributed by atoms with E-state index in [-0.39, 0.29) is 40.6 Å². The van der Waals surface area contributed by atoms with Gasteiger partial charge in [-0.05, 0) is 0 Å². The molecule has 1 saturated heterocycles. The molecular weight excluding hydrogens is 118 g/mol. The Morgan fingerprint density at radius 1 is 1.29 bits per heavy atom. The van der Waals surface area contributed by atoms with E-state index in [1.807, 2.05) is 0 Å². The molecule has 0 bridgehead atoms. The molecule has 1 rings (SSSR count). The molecule has 0 aromatic heterocycles. The summed E-state index contributed by atoms with van der Waals surface area (Å²) in [5.41, 5.74) is 0. The number of morpholine rings is 1. The Morgan fingerprint density at radius 3 is 2.00 bits per heavy atom. The molecule has 0 saturated carbocycles. The topological polar surface area (TPSA) is 21.3 Å². The summed E-state index contributed by atoms with van der Waals surface area (Å²) in [6, 6.07) is 0. The Hall–Kier alpha value is 1.18. The minimum absolute atomic E-state index is 0. The van der Waals surface area contributed by atoms with Crippen molar-refractivity contribution in [3.8, 4) is 0 Å². The van der Waals surface area contributed by atoms with Gasteiger partial charge in [-0.15, -0.1) is 0 Å². The van der Waals surface area contributed by atoms with Crippen molar-refractivity contribution in [3.05, 3.63) is 0 Å². The predicted octanol–water partition coefficient (Wildman–Crippen LogP) is -0.550. The fourth-order valence-corrected chi connectivity index (χ4v) is 0.516. The van der Waals surface area contributed by atoms with Crippen LogP contribution in [0.3, 0.4) is 0 Å². The molecule has 0 unspecified atom stereocenters. The Balaban J connectivity index is -0.000000120. The zero-order valence-corrected chi connectivity index (χ0v) is 6.65. The van der Waals surface area contributed by atoms with Crippen molar-refractivity contribution in [2.75, 3.05) is 26.3 Å². The molecular formula is C4H11CaNO. The summed E-state index contributed by atoms with van der Waals surface area (Å²) in [5, 5.41) is 3.16. The van der Waals surface area contributed by atoms with Crippen LogP contribution >= 0.6 is 0 Å². The summed E-state index contributed by atoms with van der Waals surface area (Å²) in [6.45, 7) is 3.83. The van der Waals surface area contributed by atoms with E-state index in [4.69, 9.17) is 4.74 Å². The Morgan fingerprint density at radius 2 is 1.86 bits per heavy atom. The van der Waals surface area contributed by atoms with Crippen molar-refractivity contribution >= 4 is 37.7 Å². The van der Waals surface area contributed by atoms with E-state index in [2.05, 4.69) is 5.32 Å². The molecule has 1 aliphatic heterocycles. The van der Waals surface area contributed by atoms with Gasteiger partial charge in [-0.3, -0.25) is 0 Å². The van der Waals surface area contributed by atoms with Gasteiger partial charge in [0.15, 0.2) is 0 Å².